The number of halogens is 2. The predicted molar refractivity (Wildman–Crippen MR) is 90.9 cm³/mol. The fourth-order valence-electron chi connectivity index (χ4n) is 2.26. The molecule has 0 aliphatic carbocycles. The van der Waals surface area contributed by atoms with Crippen LogP contribution in [0.3, 0.4) is 0 Å². The molecule has 0 aliphatic heterocycles. The molecule has 0 fully saturated rings. The Morgan fingerprint density at radius 3 is 2.00 bits per heavy atom. The minimum absolute atomic E-state index is 0.203. The van der Waals surface area contributed by atoms with Crippen molar-refractivity contribution in [2.24, 2.45) is 0 Å². The lowest BCUT2D eigenvalue weighted by molar-refractivity contribution is 0.0773. The first-order valence-electron chi connectivity index (χ1n) is 7.66. The molecule has 0 aromatic heterocycles. The average molecular weight is 368 g/mol. The summed E-state index contributed by atoms with van der Waals surface area (Å²) in [5.41, 5.74) is -0.412. The van der Waals surface area contributed by atoms with Crippen molar-refractivity contribution >= 4 is 21.6 Å². The van der Waals surface area contributed by atoms with Crippen LogP contribution >= 0.6 is 0 Å². The molecular formula is C17H18F2N2O3S. The van der Waals surface area contributed by atoms with Gasteiger partial charge in [-0.05, 0) is 50.2 Å². The lowest BCUT2D eigenvalue weighted by Gasteiger charge is -2.18. The van der Waals surface area contributed by atoms with E-state index in [0.717, 1.165) is 18.2 Å². The lowest BCUT2D eigenvalue weighted by Crippen LogP contribution is -2.30. The molecule has 2 aromatic rings. The minimum atomic E-state index is -4.19. The Morgan fingerprint density at radius 2 is 1.52 bits per heavy atom. The maximum Gasteiger partial charge on any atom is 0.262 e. The fourth-order valence-corrected chi connectivity index (χ4v) is 3.33. The second kappa shape index (κ2) is 7.60. The van der Waals surface area contributed by atoms with Crippen molar-refractivity contribution in [3.05, 3.63) is 59.7 Å². The molecule has 1 amide bonds. The standard InChI is InChI=1S/C17H18F2N2O3S/c1-3-21(4-2)17(22)12-8-10-13(11-9-12)25(23,24)20-16-14(18)6-5-7-15(16)19/h5-11,20H,3-4H2,1-2H3. The summed E-state index contributed by atoms with van der Waals surface area (Å²) in [5.74, 6) is -2.25. The number of rotatable bonds is 6. The first-order valence-corrected chi connectivity index (χ1v) is 9.14. The van der Waals surface area contributed by atoms with Gasteiger partial charge in [0.15, 0.2) is 0 Å². The van der Waals surface area contributed by atoms with Gasteiger partial charge in [-0.25, -0.2) is 17.2 Å². The molecule has 25 heavy (non-hydrogen) atoms. The van der Waals surface area contributed by atoms with Crippen LogP contribution in [0.5, 0.6) is 0 Å². The summed E-state index contributed by atoms with van der Waals surface area (Å²) in [6, 6.07) is 8.21. The van der Waals surface area contributed by atoms with Gasteiger partial charge >= 0.3 is 0 Å². The third kappa shape index (κ3) is 4.14. The Labute approximate surface area is 145 Å². The van der Waals surface area contributed by atoms with E-state index in [1.165, 1.54) is 24.3 Å². The van der Waals surface area contributed by atoms with Crippen LogP contribution in [0.25, 0.3) is 0 Å². The zero-order valence-electron chi connectivity index (χ0n) is 13.8. The van der Waals surface area contributed by atoms with Gasteiger partial charge in [0, 0.05) is 18.7 Å². The van der Waals surface area contributed by atoms with E-state index in [9.17, 15) is 22.0 Å². The monoisotopic (exact) mass is 368 g/mol. The summed E-state index contributed by atoms with van der Waals surface area (Å²) in [4.78, 5) is 13.6. The molecular weight excluding hydrogens is 350 g/mol. The smallest absolute Gasteiger partial charge is 0.262 e. The van der Waals surface area contributed by atoms with E-state index in [1.807, 2.05) is 18.6 Å². The molecule has 1 N–H and O–H groups in total. The molecule has 0 atom stereocenters. The Balaban J connectivity index is 2.28. The topological polar surface area (TPSA) is 66.5 Å². The van der Waals surface area contributed by atoms with Crippen molar-refractivity contribution in [2.75, 3.05) is 17.8 Å². The molecule has 2 rings (SSSR count). The Kier molecular flexibility index (Phi) is 5.73. The molecule has 0 aliphatic rings. The maximum absolute atomic E-state index is 13.6. The number of sulfonamides is 1. The van der Waals surface area contributed by atoms with Crippen molar-refractivity contribution < 1.29 is 22.0 Å². The van der Waals surface area contributed by atoms with Crippen LogP contribution in [0, 0.1) is 11.6 Å². The quantitative estimate of drug-likeness (QED) is 0.851. The molecule has 0 bridgehead atoms. The van der Waals surface area contributed by atoms with Crippen LogP contribution in [-0.4, -0.2) is 32.3 Å². The van der Waals surface area contributed by atoms with Gasteiger partial charge in [0.25, 0.3) is 15.9 Å². The highest BCUT2D eigenvalue weighted by Gasteiger charge is 2.20. The number of carbonyl (C=O) groups is 1. The first-order chi connectivity index (χ1) is 11.8. The molecule has 5 nitrogen and oxygen atoms in total. The van der Waals surface area contributed by atoms with E-state index >= 15 is 0 Å². The van der Waals surface area contributed by atoms with E-state index in [4.69, 9.17) is 0 Å². The van der Waals surface area contributed by atoms with Crippen LogP contribution in [0.1, 0.15) is 24.2 Å². The Morgan fingerprint density at radius 1 is 1.00 bits per heavy atom. The predicted octanol–water partition coefficient (Wildman–Crippen LogP) is 3.25. The van der Waals surface area contributed by atoms with Gasteiger partial charge in [0.2, 0.25) is 0 Å². The zero-order chi connectivity index (χ0) is 18.6. The molecule has 2 aromatic carbocycles. The Hall–Kier alpha value is -2.48. The van der Waals surface area contributed by atoms with Gasteiger partial charge < -0.3 is 4.90 Å². The van der Waals surface area contributed by atoms with E-state index in [-0.39, 0.29) is 10.8 Å². The molecule has 0 saturated carbocycles. The zero-order valence-corrected chi connectivity index (χ0v) is 14.6. The number of anilines is 1. The van der Waals surface area contributed by atoms with Crippen LogP contribution in [0.2, 0.25) is 0 Å². The molecule has 134 valence electrons. The van der Waals surface area contributed by atoms with Crippen LogP contribution in [0.4, 0.5) is 14.5 Å². The summed E-state index contributed by atoms with van der Waals surface area (Å²) in [5, 5.41) is 0. The number of hydrogen-bond acceptors (Lipinski definition) is 3. The van der Waals surface area contributed by atoms with E-state index < -0.39 is 27.3 Å². The van der Waals surface area contributed by atoms with Crippen LogP contribution < -0.4 is 4.72 Å². The number of benzene rings is 2. The van der Waals surface area contributed by atoms with Crippen molar-refractivity contribution in [3.63, 3.8) is 0 Å². The van der Waals surface area contributed by atoms with Gasteiger partial charge in [-0.3, -0.25) is 9.52 Å². The second-order valence-electron chi connectivity index (χ2n) is 5.20. The average Bonchev–Trinajstić information content (AvgIpc) is 2.59. The summed E-state index contributed by atoms with van der Waals surface area (Å²) in [7, 11) is -4.19. The van der Waals surface area contributed by atoms with Crippen LogP contribution in [0.15, 0.2) is 47.4 Å². The summed E-state index contributed by atoms with van der Waals surface area (Å²) in [6.45, 7) is 4.74. The highest BCUT2D eigenvalue weighted by molar-refractivity contribution is 7.92. The fraction of sp³-hybridized carbons (Fsp3) is 0.235. The molecule has 0 radical (unpaired) electrons. The van der Waals surface area contributed by atoms with Crippen molar-refractivity contribution in [3.8, 4) is 0 Å². The minimum Gasteiger partial charge on any atom is -0.339 e. The van der Waals surface area contributed by atoms with Crippen molar-refractivity contribution in [1.29, 1.82) is 0 Å². The molecule has 0 spiro atoms. The molecule has 8 heteroatoms. The first kappa shape index (κ1) is 18.9. The van der Waals surface area contributed by atoms with Gasteiger partial charge in [-0.15, -0.1) is 0 Å². The largest absolute Gasteiger partial charge is 0.339 e. The molecule has 0 saturated heterocycles. The van der Waals surface area contributed by atoms with Gasteiger partial charge in [-0.1, -0.05) is 6.07 Å². The highest BCUT2D eigenvalue weighted by Crippen LogP contribution is 2.22. The summed E-state index contributed by atoms with van der Waals surface area (Å²) in [6.07, 6.45) is 0. The summed E-state index contributed by atoms with van der Waals surface area (Å²) < 4.78 is 53.7. The normalized spacial score (nSPS) is 11.2. The maximum atomic E-state index is 13.6. The van der Waals surface area contributed by atoms with E-state index in [2.05, 4.69) is 0 Å². The number of amides is 1. The SMILES string of the molecule is CCN(CC)C(=O)c1ccc(S(=O)(=O)Nc2c(F)cccc2F)cc1. The number of para-hydroxylation sites is 1. The number of nitrogens with one attached hydrogen (secondary N) is 1. The Bertz CT molecular complexity index is 844. The lowest BCUT2D eigenvalue weighted by atomic mass is 10.2. The number of carbonyl (C=O) groups excluding carboxylic acids is 1. The number of hydrogen-bond donors (Lipinski definition) is 1. The van der Waals surface area contributed by atoms with Gasteiger partial charge in [0.1, 0.15) is 17.3 Å². The number of nitrogens with zero attached hydrogens (tertiary/aromatic N) is 1. The van der Waals surface area contributed by atoms with Gasteiger partial charge in [-0.2, -0.15) is 0 Å². The van der Waals surface area contributed by atoms with Crippen molar-refractivity contribution in [1.82, 2.24) is 4.90 Å². The third-order valence-corrected chi connectivity index (χ3v) is 5.03. The van der Waals surface area contributed by atoms with Crippen molar-refractivity contribution in [2.45, 2.75) is 18.7 Å². The molecule has 0 heterocycles. The van der Waals surface area contributed by atoms with Gasteiger partial charge in [0.05, 0.1) is 4.90 Å². The third-order valence-electron chi connectivity index (χ3n) is 3.66. The summed E-state index contributed by atoms with van der Waals surface area (Å²) >= 11 is 0. The second-order valence-corrected chi connectivity index (χ2v) is 6.89. The van der Waals surface area contributed by atoms with E-state index in [0.29, 0.717) is 18.7 Å². The van der Waals surface area contributed by atoms with Crippen LogP contribution in [-0.2, 0) is 10.0 Å². The highest BCUT2D eigenvalue weighted by atomic mass is 32.2. The molecule has 0 unspecified atom stereocenters. The van der Waals surface area contributed by atoms with E-state index in [1.54, 1.807) is 4.90 Å².